The Morgan fingerprint density at radius 3 is 2.88 bits per heavy atom. The van der Waals surface area contributed by atoms with Gasteiger partial charge in [0.05, 0.1) is 11.9 Å². The molecule has 1 aliphatic rings. The lowest BCUT2D eigenvalue weighted by Crippen LogP contribution is -2.14. The van der Waals surface area contributed by atoms with Gasteiger partial charge in [-0.1, -0.05) is 6.42 Å². The Morgan fingerprint density at radius 2 is 2.31 bits per heavy atom. The van der Waals surface area contributed by atoms with Crippen molar-refractivity contribution < 1.29 is 0 Å². The summed E-state index contributed by atoms with van der Waals surface area (Å²) in [7, 11) is 3.99. The maximum atomic E-state index is 4.63. The molecule has 0 bridgehead atoms. The van der Waals surface area contributed by atoms with Crippen LogP contribution in [-0.2, 0) is 13.6 Å². The fraction of sp³-hybridized carbons (Fsp3) is 0.636. The number of hydrogen-bond donors (Lipinski definition) is 1. The molecule has 0 aliphatic heterocycles. The molecule has 0 aromatic carbocycles. The lowest BCUT2D eigenvalue weighted by atomic mass is 9.85. The maximum Gasteiger partial charge on any atom is 0.232 e. The van der Waals surface area contributed by atoms with Crippen LogP contribution in [0.5, 0.6) is 0 Å². The van der Waals surface area contributed by atoms with Crippen LogP contribution >= 0.6 is 0 Å². The van der Waals surface area contributed by atoms with Gasteiger partial charge in [0.15, 0.2) is 0 Å². The third-order valence-corrected chi connectivity index (χ3v) is 3.40. The Morgan fingerprint density at radius 1 is 1.50 bits per heavy atom. The van der Waals surface area contributed by atoms with Crippen LogP contribution in [0.1, 0.15) is 36.7 Å². The normalized spacial score (nSPS) is 16.9. The summed E-state index contributed by atoms with van der Waals surface area (Å²) in [6.45, 7) is 0.794. The van der Waals surface area contributed by atoms with Gasteiger partial charge < -0.3 is 5.32 Å². The summed E-state index contributed by atoms with van der Waals surface area (Å²) in [5.41, 5.74) is 1.04. The molecular formula is C11H17N5. The molecule has 16 heavy (non-hydrogen) atoms. The Labute approximate surface area is 94.5 Å². The van der Waals surface area contributed by atoms with Gasteiger partial charge in [-0.25, -0.2) is 9.50 Å². The van der Waals surface area contributed by atoms with E-state index in [-0.39, 0.29) is 0 Å². The summed E-state index contributed by atoms with van der Waals surface area (Å²) < 4.78 is 4.03. The first-order chi connectivity index (χ1) is 7.79. The molecule has 86 valence electrons. The van der Waals surface area contributed by atoms with Gasteiger partial charge in [0, 0.05) is 19.5 Å². The maximum absolute atomic E-state index is 4.63. The van der Waals surface area contributed by atoms with Gasteiger partial charge >= 0.3 is 0 Å². The SMILES string of the molecule is CNCc1cn2nc(C3CCC3)n(C)c2n1. The molecule has 0 unspecified atom stereocenters. The number of imidazole rings is 1. The lowest BCUT2D eigenvalue weighted by Gasteiger charge is -2.23. The minimum atomic E-state index is 0.652. The molecule has 0 radical (unpaired) electrons. The second kappa shape index (κ2) is 3.59. The second-order valence-corrected chi connectivity index (χ2v) is 4.55. The molecule has 1 fully saturated rings. The van der Waals surface area contributed by atoms with Crippen LogP contribution in [0.2, 0.25) is 0 Å². The number of fused-ring (bicyclic) bond motifs is 1. The van der Waals surface area contributed by atoms with Crippen molar-refractivity contribution in [1.29, 1.82) is 0 Å². The molecule has 1 N–H and O–H groups in total. The van der Waals surface area contributed by atoms with Crippen molar-refractivity contribution >= 4 is 5.78 Å². The highest BCUT2D eigenvalue weighted by molar-refractivity contribution is 5.33. The van der Waals surface area contributed by atoms with Gasteiger partial charge in [0.25, 0.3) is 0 Å². The van der Waals surface area contributed by atoms with E-state index in [1.54, 1.807) is 0 Å². The molecule has 0 amide bonds. The van der Waals surface area contributed by atoms with E-state index in [4.69, 9.17) is 0 Å². The Balaban J connectivity index is 2.00. The van der Waals surface area contributed by atoms with E-state index >= 15 is 0 Å². The minimum Gasteiger partial charge on any atom is -0.314 e. The van der Waals surface area contributed by atoms with Gasteiger partial charge in [-0.15, -0.1) is 0 Å². The molecule has 5 heteroatoms. The van der Waals surface area contributed by atoms with Crippen LogP contribution in [0.25, 0.3) is 5.78 Å². The zero-order chi connectivity index (χ0) is 11.1. The molecule has 5 nitrogen and oxygen atoms in total. The highest BCUT2D eigenvalue weighted by Gasteiger charge is 2.25. The Kier molecular flexibility index (Phi) is 2.21. The molecule has 3 rings (SSSR count). The Hall–Kier alpha value is -1.36. The number of nitrogens with zero attached hydrogens (tertiary/aromatic N) is 4. The van der Waals surface area contributed by atoms with Gasteiger partial charge in [0.1, 0.15) is 5.82 Å². The topological polar surface area (TPSA) is 47.1 Å². The van der Waals surface area contributed by atoms with E-state index < -0.39 is 0 Å². The van der Waals surface area contributed by atoms with E-state index in [1.165, 1.54) is 25.1 Å². The molecule has 0 atom stereocenters. The van der Waals surface area contributed by atoms with E-state index in [0.29, 0.717) is 5.92 Å². The monoisotopic (exact) mass is 219 g/mol. The first kappa shape index (κ1) is 9.84. The quantitative estimate of drug-likeness (QED) is 0.839. The first-order valence-corrected chi connectivity index (χ1v) is 5.85. The molecule has 0 saturated heterocycles. The average Bonchev–Trinajstić information content (AvgIpc) is 2.67. The summed E-state index contributed by atoms with van der Waals surface area (Å²) in [6.07, 6.45) is 5.90. The second-order valence-electron chi connectivity index (χ2n) is 4.55. The predicted octanol–water partition coefficient (Wildman–Crippen LogP) is 1.05. The molecule has 1 aliphatic carbocycles. The van der Waals surface area contributed by atoms with Crippen molar-refractivity contribution in [3.63, 3.8) is 0 Å². The van der Waals surface area contributed by atoms with Gasteiger partial charge in [0.2, 0.25) is 5.78 Å². The van der Waals surface area contributed by atoms with E-state index in [2.05, 4.69) is 27.0 Å². The molecule has 1 saturated carbocycles. The van der Waals surface area contributed by atoms with Crippen molar-refractivity contribution in [2.24, 2.45) is 7.05 Å². The van der Waals surface area contributed by atoms with Crippen molar-refractivity contribution in [3.8, 4) is 0 Å². The van der Waals surface area contributed by atoms with Gasteiger partial charge in [-0.05, 0) is 19.9 Å². The zero-order valence-electron chi connectivity index (χ0n) is 9.77. The molecule has 0 spiro atoms. The first-order valence-electron chi connectivity index (χ1n) is 5.85. The minimum absolute atomic E-state index is 0.652. The van der Waals surface area contributed by atoms with Crippen molar-refractivity contribution in [2.45, 2.75) is 31.7 Å². The zero-order valence-corrected chi connectivity index (χ0v) is 9.77. The van der Waals surface area contributed by atoms with E-state index in [1.807, 2.05) is 17.8 Å². The predicted molar refractivity (Wildman–Crippen MR) is 61.3 cm³/mol. The number of nitrogens with one attached hydrogen (secondary N) is 1. The third kappa shape index (κ3) is 1.35. The fourth-order valence-corrected chi connectivity index (χ4v) is 2.28. The molecular weight excluding hydrogens is 202 g/mol. The lowest BCUT2D eigenvalue weighted by molar-refractivity contribution is 0.392. The van der Waals surface area contributed by atoms with E-state index in [0.717, 1.165) is 18.0 Å². The highest BCUT2D eigenvalue weighted by Crippen LogP contribution is 2.35. The summed E-state index contributed by atoms with van der Waals surface area (Å²) in [5.74, 6) is 2.79. The van der Waals surface area contributed by atoms with Crippen LogP contribution in [-0.4, -0.2) is 26.2 Å². The highest BCUT2D eigenvalue weighted by atomic mass is 15.4. The fourth-order valence-electron chi connectivity index (χ4n) is 2.28. The number of hydrogen-bond acceptors (Lipinski definition) is 3. The van der Waals surface area contributed by atoms with Crippen LogP contribution in [0.3, 0.4) is 0 Å². The largest absolute Gasteiger partial charge is 0.314 e. The molecule has 2 heterocycles. The molecule has 2 aromatic rings. The Bertz CT molecular complexity index is 506. The van der Waals surface area contributed by atoms with Crippen molar-refractivity contribution in [3.05, 3.63) is 17.7 Å². The smallest absolute Gasteiger partial charge is 0.232 e. The summed E-state index contributed by atoms with van der Waals surface area (Å²) >= 11 is 0. The van der Waals surface area contributed by atoms with Crippen molar-refractivity contribution in [2.75, 3.05) is 7.05 Å². The summed E-state index contributed by atoms with van der Waals surface area (Å²) in [5, 5.41) is 7.73. The average molecular weight is 219 g/mol. The summed E-state index contributed by atoms with van der Waals surface area (Å²) in [6, 6.07) is 0. The van der Waals surface area contributed by atoms with Crippen molar-refractivity contribution in [1.82, 2.24) is 24.5 Å². The summed E-state index contributed by atoms with van der Waals surface area (Å²) in [4.78, 5) is 4.56. The van der Waals surface area contributed by atoms with Crippen LogP contribution in [0, 0.1) is 0 Å². The third-order valence-electron chi connectivity index (χ3n) is 3.40. The molecule has 2 aromatic heterocycles. The van der Waals surface area contributed by atoms with Gasteiger partial charge in [-0.3, -0.25) is 4.57 Å². The number of rotatable bonds is 3. The van der Waals surface area contributed by atoms with Crippen LogP contribution in [0.4, 0.5) is 0 Å². The standard InChI is InChI=1S/C11H17N5/c1-12-6-9-7-16-11(13-9)15(2)10(14-16)8-4-3-5-8/h7-8,12H,3-6H2,1-2H3. The number of aryl methyl sites for hydroxylation is 1. The van der Waals surface area contributed by atoms with Crippen LogP contribution < -0.4 is 5.32 Å². The number of aromatic nitrogens is 4. The van der Waals surface area contributed by atoms with Crippen LogP contribution in [0.15, 0.2) is 6.20 Å². The van der Waals surface area contributed by atoms with E-state index in [9.17, 15) is 0 Å². The van der Waals surface area contributed by atoms with Gasteiger partial charge in [-0.2, -0.15) is 5.10 Å².